The highest BCUT2D eigenvalue weighted by Crippen LogP contribution is 2.23. The molecular weight excluding hydrogens is 324 g/mol. The van der Waals surface area contributed by atoms with Crippen molar-refractivity contribution in [2.75, 3.05) is 51.3 Å². The van der Waals surface area contributed by atoms with Crippen molar-refractivity contribution in [3.8, 4) is 5.88 Å². The highest BCUT2D eigenvalue weighted by molar-refractivity contribution is 9.10. The van der Waals surface area contributed by atoms with Crippen molar-refractivity contribution < 1.29 is 9.84 Å². The fraction of sp³-hybridized carbons (Fsp3) is 0.692. The number of anilines is 1. The van der Waals surface area contributed by atoms with Gasteiger partial charge in [0.1, 0.15) is 0 Å². The standard InChI is InChI=1S/C13H21BrN4O2/c1-20-12-11(14)10-15-13(16-12)18-7-5-17(6-8-18)4-2-3-9-19/h10,19H,2-9H2,1H3. The fourth-order valence-electron chi connectivity index (χ4n) is 2.26. The fourth-order valence-corrected chi connectivity index (χ4v) is 2.61. The maximum Gasteiger partial charge on any atom is 0.232 e. The van der Waals surface area contributed by atoms with E-state index in [9.17, 15) is 0 Å². The molecule has 0 amide bonds. The van der Waals surface area contributed by atoms with E-state index in [1.54, 1.807) is 13.3 Å². The zero-order valence-electron chi connectivity index (χ0n) is 11.8. The minimum Gasteiger partial charge on any atom is -0.480 e. The Bertz CT molecular complexity index is 425. The van der Waals surface area contributed by atoms with Crippen molar-refractivity contribution in [2.24, 2.45) is 0 Å². The van der Waals surface area contributed by atoms with Crippen molar-refractivity contribution in [3.63, 3.8) is 0 Å². The number of ether oxygens (including phenoxy) is 1. The molecule has 1 saturated heterocycles. The van der Waals surface area contributed by atoms with E-state index in [4.69, 9.17) is 9.84 Å². The Morgan fingerprint density at radius 3 is 2.70 bits per heavy atom. The highest BCUT2D eigenvalue weighted by Gasteiger charge is 2.19. The molecule has 1 fully saturated rings. The van der Waals surface area contributed by atoms with Crippen LogP contribution in [0.3, 0.4) is 0 Å². The van der Waals surface area contributed by atoms with Crippen LogP contribution in [-0.2, 0) is 0 Å². The molecule has 0 aromatic carbocycles. The van der Waals surface area contributed by atoms with E-state index in [1.807, 2.05) is 0 Å². The number of hydrogen-bond donors (Lipinski definition) is 1. The van der Waals surface area contributed by atoms with Gasteiger partial charge < -0.3 is 14.7 Å². The Morgan fingerprint density at radius 1 is 1.30 bits per heavy atom. The van der Waals surface area contributed by atoms with Gasteiger partial charge in [-0.25, -0.2) is 4.98 Å². The number of hydrogen-bond acceptors (Lipinski definition) is 6. The minimum atomic E-state index is 0.284. The van der Waals surface area contributed by atoms with Crippen LogP contribution in [0.5, 0.6) is 5.88 Å². The number of rotatable bonds is 6. The quantitative estimate of drug-likeness (QED) is 0.781. The molecule has 112 valence electrons. The summed E-state index contributed by atoms with van der Waals surface area (Å²) in [5.74, 6) is 1.29. The van der Waals surface area contributed by atoms with Gasteiger partial charge in [0.25, 0.3) is 0 Å². The second-order valence-corrected chi connectivity index (χ2v) is 5.64. The summed E-state index contributed by atoms with van der Waals surface area (Å²) in [4.78, 5) is 13.4. The Kier molecular flexibility index (Phi) is 6.00. The minimum absolute atomic E-state index is 0.284. The van der Waals surface area contributed by atoms with Gasteiger partial charge in [-0.2, -0.15) is 4.98 Å². The smallest absolute Gasteiger partial charge is 0.232 e. The van der Waals surface area contributed by atoms with Gasteiger partial charge in [0.2, 0.25) is 11.8 Å². The molecule has 1 aliphatic heterocycles. The van der Waals surface area contributed by atoms with E-state index >= 15 is 0 Å². The molecule has 0 unspecified atom stereocenters. The number of piperazine rings is 1. The van der Waals surface area contributed by atoms with E-state index in [-0.39, 0.29) is 6.61 Å². The van der Waals surface area contributed by atoms with Gasteiger partial charge in [-0.3, -0.25) is 4.90 Å². The predicted octanol–water partition coefficient (Wildman–Crippen LogP) is 1.14. The molecule has 6 nitrogen and oxygen atoms in total. The number of aliphatic hydroxyl groups excluding tert-OH is 1. The number of methoxy groups -OCH3 is 1. The summed E-state index contributed by atoms with van der Waals surface area (Å²) in [7, 11) is 1.61. The lowest BCUT2D eigenvalue weighted by Gasteiger charge is -2.34. The molecule has 2 heterocycles. The summed E-state index contributed by atoms with van der Waals surface area (Å²) in [5.41, 5.74) is 0. The van der Waals surface area contributed by atoms with Gasteiger partial charge in [-0.15, -0.1) is 0 Å². The molecule has 2 rings (SSSR count). The molecule has 0 atom stereocenters. The molecule has 7 heteroatoms. The largest absolute Gasteiger partial charge is 0.480 e. The first kappa shape index (κ1) is 15.5. The van der Waals surface area contributed by atoms with E-state index in [2.05, 4.69) is 35.7 Å². The van der Waals surface area contributed by atoms with Crippen LogP contribution in [0.15, 0.2) is 10.7 Å². The molecule has 0 radical (unpaired) electrons. The molecule has 1 aromatic rings. The summed E-state index contributed by atoms with van der Waals surface area (Å²) in [6.07, 6.45) is 3.67. The van der Waals surface area contributed by atoms with E-state index in [1.165, 1.54) is 0 Å². The molecule has 0 bridgehead atoms. The highest BCUT2D eigenvalue weighted by atomic mass is 79.9. The Hall–Kier alpha value is -0.920. The molecule has 0 aliphatic carbocycles. The summed E-state index contributed by atoms with van der Waals surface area (Å²) in [5, 5.41) is 8.80. The monoisotopic (exact) mass is 344 g/mol. The van der Waals surface area contributed by atoms with Crippen LogP contribution < -0.4 is 9.64 Å². The third-order valence-electron chi connectivity index (χ3n) is 3.43. The van der Waals surface area contributed by atoms with E-state index < -0.39 is 0 Å². The summed E-state index contributed by atoms with van der Waals surface area (Å²) < 4.78 is 5.97. The van der Waals surface area contributed by atoms with Crippen molar-refractivity contribution in [3.05, 3.63) is 10.7 Å². The van der Waals surface area contributed by atoms with Crippen molar-refractivity contribution >= 4 is 21.9 Å². The van der Waals surface area contributed by atoms with Crippen LogP contribution >= 0.6 is 15.9 Å². The van der Waals surface area contributed by atoms with Crippen LogP contribution in [0.2, 0.25) is 0 Å². The topological polar surface area (TPSA) is 61.7 Å². The molecule has 1 aromatic heterocycles. The lowest BCUT2D eigenvalue weighted by Crippen LogP contribution is -2.47. The molecule has 0 saturated carbocycles. The number of aromatic nitrogens is 2. The Morgan fingerprint density at radius 2 is 2.05 bits per heavy atom. The Labute approximate surface area is 127 Å². The van der Waals surface area contributed by atoms with Crippen LogP contribution in [0.1, 0.15) is 12.8 Å². The Balaban J connectivity index is 1.87. The second-order valence-electron chi connectivity index (χ2n) is 4.79. The number of nitrogens with zero attached hydrogens (tertiary/aromatic N) is 4. The summed E-state index contributed by atoms with van der Waals surface area (Å²) >= 11 is 3.36. The number of halogens is 1. The van der Waals surface area contributed by atoms with Crippen molar-refractivity contribution in [1.29, 1.82) is 0 Å². The lowest BCUT2D eigenvalue weighted by atomic mass is 10.2. The maximum absolute atomic E-state index is 8.80. The van der Waals surface area contributed by atoms with Gasteiger partial charge >= 0.3 is 0 Å². The van der Waals surface area contributed by atoms with Crippen molar-refractivity contribution in [1.82, 2.24) is 14.9 Å². The van der Waals surface area contributed by atoms with E-state index in [0.29, 0.717) is 5.88 Å². The zero-order chi connectivity index (χ0) is 14.4. The van der Waals surface area contributed by atoms with Gasteiger partial charge in [-0.05, 0) is 35.3 Å². The first-order chi connectivity index (χ1) is 9.74. The average Bonchev–Trinajstić information content (AvgIpc) is 2.49. The van der Waals surface area contributed by atoms with Gasteiger partial charge in [-0.1, -0.05) is 0 Å². The SMILES string of the molecule is COc1nc(N2CCN(CCCCO)CC2)ncc1Br. The van der Waals surface area contributed by atoms with Crippen LogP contribution in [0.4, 0.5) is 5.95 Å². The first-order valence-electron chi connectivity index (χ1n) is 6.89. The number of unbranched alkanes of at least 4 members (excludes halogenated alkanes) is 1. The maximum atomic E-state index is 8.80. The van der Waals surface area contributed by atoms with E-state index in [0.717, 1.165) is 56.0 Å². The van der Waals surface area contributed by atoms with Crippen LogP contribution in [-0.4, -0.2) is 66.4 Å². The third kappa shape index (κ3) is 4.04. The first-order valence-corrected chi connectivity index (χ1v) is 7.68. The van der Waals surface area contributed by atoms with Crippen LogP contribution in [0, 0.1) is 0 Å². The van der Waals surface area contributed by atoms with Crippen molar-refractivity contribution in [2.45, 2.75) is 12.8 Å². The molecule has 1 N–H and O–H groups in total. The molecule has 1 aliphatic rings. The molecular formula is C13H21BrN4O2. The molecule has 0 spiro atoms. The normalized spacial score (nSPS) is 16.4. The average molecular weight is 345 g/mol. The van der Waals surface area contributed by atoms with Gasteiger partial charge in [0, 0.05) is 32.8 Å². The summed E-state index contributed by atoms with van der Waals surface area (Å²) in [6.45, 7) is 5.19. The predicted molar refractivity (Wildman–Crippen MR) is 81.3 cm³/mol. The number of aliphatic hydroxyl groups is 1. The summed E-state index contributed by atoms with van der Waals surface area (Å²) in [6, 6.07) is 0. The zero-order valence-corrected chi connectivity index (χ0v) is 13.3. The van der Waals surface area contributed by atoms with Gasteiger partial charge in [0.15, 0.2) is 0 Å². The second kappa shape index (κ2) is 7.75. The van der Waals surface area contributed by atoms with Crippen LogP contribution in [0.25, 0.3) is 0 Å². The van der Waals surface area contributed by atoms with Gasteiger partial charge in [0.05, 0.1) is 17.8 Å². The third-order valence-corrected chi connectivity index (χ3v) is 3.97. The lowest BCUT2D eigenvalue weighted by molar-refractivity contribution is 0.231. The molecule has 20 heavy (non-hydrogen) atoms.